The molecule has 1 aliphatic rings. The third-order valence-electron chi connectivity index (χ3n) is 2.84. The van der Waals surface area contributed by atoms with E-state index in [9.17, 15) is 9.59 Å². The Bertz CT molecular complexity index is 255. The second-order valence-corrected chi connectivity index (χ2v) is 3.98. The standard InChI is InChI=1S/C10H18N2O3/c1-2-8(11)9(13)12-5-3-4-7(6-12)10(14)15/h7-8H,2-6,11H2,1H3,(H,14,15)/t7?,8-/m0/s1. The van der Waals surface area contributed by atoms with Crippen molar-refractivity contribution >= 4 is 11.9 Å². The Morgan fingerprint density at radius 2 is 2.27 bits per heavy atom. The minimum atomic E-state index is -0.822. The number of hydrogen-bond donors (Lipinski definition) is 2. The van der Waals surface area contributed by atoms with Gasteiger partial charge in [-0.25, -0.2) is 0 Å². The van der Waals surface area contributed by atoms with Crippen molar-refractivity contribution in [1.29, 1.82) is 0 Å². The van der Waals surface area contributed by atoms with Crippen LogP contribution in [0.25, 0.3) is 0 Å². The van der Waals surface area contributed by atoms with Gasteiger partial charge in [-0.2, -0.15) is 0 Å². The van der Waals surface area contributed by atoms with Crippen LogP contribution in [0.2, 0.25) is 0 Å². The van der Waals surface area contributed by atoms with Gasteiger partial charge >= 0.3 is 5.97 Å². The molecule has 0 aliphatic carbocycles. The lowest BCUT2D eigenvalue weighted by atomic mass is 9.97. The summed E-state index contributed by atoms with van der Waals surface area (Å²) in [5.41, 5.74) is 5.63. The molecule has 86 valence electrons. The number of nitrogens with two attached hydrogens (primary N) is 1. The molecule has 0 bridgehead atoms. The largest absolute Gasteiger partial charge is 0.481 e. The van der Waals surface area contributed by atoms with Crippen LogP contribution in [-0.2, 0) is 9.59 Å². The number of carboxylic acids is 1. The molecule has 1 aliphatic heterocycles. The third-order valence-corrected chi connectivity index (χ3v) is 2.84. The number of carbonyl (C=O) groups excluding carboxylic acids is 1. The van der Waals surface area contributed by atoms with E-state index in [0.29, 0.717) is 25.9 Å². The highest BCUT2D eigenvalue weighted by Gasteiger charge is 2.29. The zero-order chi connectivity index (χ0) is 11.4. The molecular weight excluding hydrogens is 196 g/mol. The highest BCUT2D eigenvalue weighted by molar-refractivity contribution is 5.82. The fraction of sp³-hybridized carbons (Fsp3) is 0.800. The molecule has 1 amide bonds. The fourth-order valence-electron chi connectivity index (χ4n) is 1.79. The predicted octanol–water partition coefficient (Wildman–Crippen LogP) is 0.0469. The molecule has 0 aromatic rings. The van der Waals surface area contributed by atoms with Gasteiger partial charge in [0.2, 0.25) is 5.91 Å². The molecule has 1 unspecified atom stereocenters. The number of likely N-dealkylation sites (tertiary alicyclic amines) is 1. The minimum Gasteiger partial charge on any atom is -0.481 e. The van der Waals surface area contributed by atoms with Crippen molar-refractivity contribution in [1.82, 2.24) is 4.90 Å². The molecule has 1 saturated heterocycles. The predicted molar refractivity (Wildman–Crippen MR) is 55.2 cm³/mol. The van der Waals surface area contributed by atoms with Crippen LogP contribution in [0, 0.1) is 5.92 Å². The summed E-state index contributed by atoms with van der Waals surface area (Å²) in [4.78, 5) is 24.1. The van der Waals surface area contributed by atoms with Gasteiger partial charge < -0.3 is 15.7 Å². The van der Waals surface area contributed by atoms with Crippen molar-refractivity contribution in [3.05, 3.63) is 0 Å². The second kappa shape index (κ2) is 5.11. The Balaban J connectivity index is 2.56. The molecule has 0 radical (unpaired) electrons. The molecule has 0 saturated carbocycles. The molecule has 1 rings (SSSR count). The number of amides is 1. The molecule has 0 aromatic carbocycles. The molecule has 0 aromatic heterocycles. The highest BCUT2D eigenvalue weighted by atomic mass is 16.4. The van der Waals surface area contributed by atoms with Gasteiger partial charge in [0.05, 0.1) is 12.0 Å². The SMILES string of the molecule is CC[C@H](N)C(=O)N1CCCC(C(=O)O)C1. The van der Waals surface area contributed by atoms with Gasteiger partial charge in [0, 0.05) is 13.1 Å². The quantitative estimate of drug-likeness (QED) is 0.695. The van der Waals surface area contributed by atoms with E-state index in [4.69, 9.17) is 10.8 Å². The van der Waals surface area contributed by atoms with Crippen molar-refractivity contribution < 1.29 is 14.7 Å². The van der Waals surface area contributed by atoms with Crippen LogP contribution in [0.15, 0.2) is 0 Å². The molecule has 1 fully saturated rings. The Morgan fingerprint density at radius 1 is 1.60 bits per heavy atom. The number of carboxylic acid groups (broad SMARTS) is 1. The molecule has 15 heavy (non-hydrogen) atoms. The van der Waals surface area contributed by atoms with E-state index in [2.05, 4.69) is 0 Å². The maximum Gasteiger partial charge on any atom is 0.308 e. The number of hydrogen-bond acceptors (Lipinski definition) is 3. The van der Waals surface area contributed by atoms with E-state index in [1.165, 1.54) is 0 Å². The van der Waals surface area contributed by atoms with Crippen LogP contribution >= 0.6 is 0 Å². The van der Waals surface area contributed by atoms with Gasteiger partial charge in [0.1, 0.15) is 0 Å². The number of aliphatic carboxylic acids is 1. The maximum absolute atomic E-state index is 11.7. The van der Waals surface area contributed by atoms with Gasteiger partial charge in [0.25, 0.3) is 0 Å². The first-order valence-corrected chi connectivity index (χ1v) is 5.33. The molecule has 1 heterocycles. The normalized spacial score (nSPS) is 23.6. The lowest BCUT2D eigenvalue weighted by Crippen LogP contribution is -2.49. The second-order valence-electron chi connectivity index (χ2n) is 3.98. The van der Waals surface area contributed by atoms with Gasteiger partial charge in [-0.05, 0) is 19.3 Å². The zero-order valence-corrected chi connectivity index (χ0v) is 8.98. The summed E-state index contributed by atoms with van der Waals surface area (Å²) in [6, 6.07) is -0.488. The number of nitrogens with zero attached hydrogens (tertiary/aromatic N) is 1. The lowest BCUT2D eigenvalue weighted by molar-refractivity contribution is -0.146. The van der Waals surface area contributed by atoms with Crippen molar-refractivity contribution in [2.75, 3.05) is 13.1 Å². The van der Waals surface area contributed by atoms with E-state index in [1.807, 2.05) is 6.92 Å². The summed E-state index contributed by atoms with van der Waals surface area (Å²) in [5, 5.41) is 8.86. The smallest absolute Gasteiger partial charge is 0.308 e. The average Bonchev–Trinajstić information content (AvgIpc) is 2.27. The minimum absolute atomic E-state index is 0.122. The van der Waals surface area contributed by atoms with E-state index in [1.54, 1.807) is 4.90 Å². The first-order chi connectivity index (χ1) is 7.06. The highest BCUT2D eigenvalue weighted by Crippen LogP contribution is 2.17. The van der Waals surface area contributed by atoms with Gasteiger partial charge in [-0.1, -0.05) is 6.92 Å². The van der Waals surface area contributed by atoms with Crippen molar-refractivity contribution in [3.8, 4) is 0 Å². The Morgan fingerprint density at radius 3 is 2.80 bits per heavy atom. The maximum atomic E-state index is 11.7. The number of piperidine rings is 1. The van der Waals surface area contributed by atoms with Crippen LogP contribution in [0.5, 0.6) is 0 Å². The van der Waals surface area contributed by atoms with Crippen LogP contribution in [-0.4, -0.2) is 41.0 Å². The monoisotopic (exact) mass is 214 g/mol. The van der Waals surface area contributed by atoms with E-state index < -0.39 is 17.9 Å². The van der Waals surface area contributed by atoms with Gasteiger partial charge in [-0.3, -0.25) is 9.59 Å². The molecule has 5 nitrogen and oxygen atoms in total. The molecule has 0 spiro atoms. The van der Waals surface area contributed by atoms with Crippen LogP contribution in [0.4, 0.5) is 0 Å². The number of carbonyl (C=O) groups is 2. The van der Waals surface area contributed by atoms with Crippen LogP contribution < -0.4 is 5.73 Å². The first-order valence-electron chi connectivity index (χ1n) is 5.33. The van der Waals surface area contributed by atoms with Gasteiger partial charge in [-0.15, -0.1) is 0 Å². The van der Waals surface area contributed by atoms with Gasteiger partial charge in [0.15, 0.2) is 0 Å². The topological polar surface area (TPSA) is 83.6 Å². The van der Waals surface area contributed by atoms with Crippen molar-refractivity contribution in [2.45, 2.75) is 32.2 Å². The average molecular weight is 214 g/mol. The summed E-state index contributed by atoms with van der Waals surface area (Å²) < 4.78 is 0. The van der Waals surface area contributed by atoms with Crippen molar-refractivity contribution in [3.63, 3.8) is 0 Å². The van der Waals surface area contributed by atoms with E-state index in [-0.39, 0.29) is 5.91 Å². The van der Waals surface area contributed by atoms with E-state index in [0.717, 1.165) is 6.42 Å². The summed E-state index contributed by atoms with van der Waals surface area (Å²) in [6.45, 7) is 2.79. The summed E-state index contributed by atoms with van der Waals surface area (Å²) in [6.07, 6.45) is 1.99. The molecular formula is C10H18N2O3. The van der Waals surface area contributed by atoms with Crippen LogP contribution in [0.3, 0.4) is 0 Å². The third kappa shape index (κ3) is 2.92. The Labute approximate surface area is 89.2 Å². The van der Waals surface area contributed by atoms with Crippen molar-refractivity contribution in [2.24, 2.45) is 11.7 Å². The Hall–Kier alpha value is -1.10. The van der Waals surface area contributed by atoms with E-state index >= 15 is 0 Å². The first kappa shape index (κ1) is 12.0. The Kier molecular flexibility index (Phi) is 4.08. The fourth-order valence-corrected chi connectivity index (χ4v) is 1.79. The molecule has 5 heteroatoms. The molecule has 2 atom stereocenters. The zero-order valence-electron chi connectivity index (χ0n) is 8.98. The molecule has 3 N–H and O–H groups in total. The number of rotatable bonds is 3. The summed E-state index contributed by atoms with van der Waals surface area (Å²) >= 11 is 0. The van der Waals surface area contributed by atoms with Crippen LogP contribution in [0.1, 0.15) is 26.2 Å². The summed E-state index contributed by atoms with van der Waals surface area (Å²) in [5.74, 6) is -1.37. The summed E-state index contributed by atoms with van der Waals surface area (Å²) in [7, 11) is 0. The lowest BCUT2D eigenvalue weighted by Gasteiger charge is -2.32.